The van der Waals surface area contributed by atoms with E-state index in [9.17, 15) is 0 Å². The average molecular weight is 340 g/mol. The van der Waals surface area contributed by atoms with Gasteiger partial charge in [-0.2, -0.15) is 0 Å². The van der Waals surface area contributed by atoms with Crippen LogP contribution < -0.4 is 5.32 Å². The standard InChI is InChI=1S/C16H26BrN3/c1-16(2,3)19-11-15-6-4-5-9-20(15)12-14-8-7-13(17)10-18-14/h7-8,10,15,19H,4-6,9,11-12H2,1-3H3. The minimum Gasteiger partial charge on any atom is -0.311 e. The quantitative estimate of drug-likeness (QED) is 0.908. The number of hydrogen-bond acceptors (Lipinski definition) is 3. The molecule has 1 atom stereocenters. The molecular weight excluding hydrogens is 314 g/mol. The van der Waals surface area contributed by atoms with Gasteiger partial charge in [-0.1, -0.05) is 6.42 Å². The van der Waals surface area contributed by atoms with Crippen LogP contribution in [0.3, 0.4) is 0 Å². The number of nitrogens with one attached hydrogen (secondary N) is 1. The normalized spacial score (nSPS) is 21.1. The van der Waals surface area contributed by atoms with E-state index in [0.29, 0.717) is 6.04 Å². The molecule has 1 aromatic rings. The van der Waals surface area contributed by atoms with Gasteiger partial charge in [0.2, 0.25) is 0 Å². The maximum absolute atomic E-state index is 4.51. The Balaban J connectivity index is 1.94. The second kappa shape index (κ2) is 7.01. The summed E-state index contributed by atoms with van der Waals surface area (Å²) in [6.07, 6.45) is 5.84. The molecular formula is C16H26BrN3. The maximum atomic E-state index is 4.51. The van der Waals surface area contributed by atoms with Crippen LogP contribution in [0.4, 0.5) is 0 Å². The molecule has 20 heavy (non-hydrogen) atoms. The van der Waals surface area contributed by atoms with E-state index in [-0.39, 0.29) is 5.54 Å². The fraction of sp³-hybridized carbons (Fsp3) is 0.688. The minimum atomic E-state index is 0.193. The Hall–Kier alpha value is -0.450. The third kappa shape index (κ3) is 5.15. The highest BCUT2D eigenvalue weighted by atomic mass is 79.9. The van der Waals surface area contributed by atoms with Gasteiger partial charge in [0, 0.05) is 35.3 Å². The zero-order valence-corrected chi connectivity index (χ0v) is 14.4. The molecule has 1 aromatic heterocycles. The van der Waals surface area contributed by atoms with Crippen molar-refractivity contribution in [2.75, 3.05) is 13.1 Å². The molecule has 4 heteroatoms. The van der Waals surface area contributed by atoms with Crippen LogP contribution in [-0.2, 0) is 6.54 Å². The first-order valence-corrected chi connectivity index (χ1v) is 8.33. The van der Waals surface area contributed by atoms with Crippen LogP contribution >= 0.6 is 15.9 Å². The number of rotatable bonds is 4. The number of hydrogen-bond donors (Lipinski definition) is 1. The van der Waals surface area contributed by atoms with Crippen molar-refractivity contribution in [2.24, 2.45) is 0 Å². The topological polar surface area (TPSA) is 28.2 Å². The van der Waals surface area contributed by atoms with Gasteiger partial charge in [0.1, 0.15) is 0 Å². The number of nitrogens with zero attached hydrogens (tertiary/aromatic N) is 2. The summed E-state index contributed by atoms with van der Waals surface area (Å²) in [6, 6.07) is 4.83. The number of halogens is 1. The lowest BCUT2D eigenvalue weighted by molar-refractivity contribution is 0.129. The van der Waals surface area contributed by atoms with Gasteiger partial charge >= 0.3 is 0 Å². The summed E-state index contributed by atoms with van der Waals surface area (Å²) < 4.78 is 1.05. The first-order valence-electron chi connectivity index (χ1n) is 7.53. The predicted molar refractivity (Wildman–Crippen MR) is 87.7 cm³/mol. The van der Waals surface area contributed by atoms with E-state index < -0.39 is 0 Å². The SMILES string of the molecule is CC(C)(C)NCC1CCCCN1Cc1ccc(Br)cn1. The highest BCUT2D eigenvalue weighted by Crippen LogP contribution is 2.20. The van der Waals surface area contributed by atoms with Crippen LogP contribution in [0, 0.1) is 0 Å². The molecule has 1 unspecified atom stereocenters. The van der Waals surface area contributed by atoms with Gasteiger partial charge in [0.05, 0.1) is 5.69 Å². The van der Waals surface area contributed by atoms with Crippen molar-refractivity contribution in [1.82, 2.24) is 15.2 Å². The molecule has 3 nitrogen and oxygen atoms in total. The first kappa shape index (κ1) is 15.9. The number of pyridine rings is 1. The maximum Gasteiger partial charge on any atom is 0.0544 e. The average Bonchev–Trinajstić information content (AvgIpc) is 2.39. The Morgan fingerprint density at radius 2 is 2.15 bits per heavy atom. The van der Waals surface area contributed by atoms with E-state index in [2.05, 4.69) is 64.0 Å². The molecule has 1 aliphatic rings. The fourth-order valence-electron chi connectivity index (χ4n) is 2.63. The van der Waals surface area contributed by atoms with Gasteiger partial charge in [0.25, 0.3) is 0 Å². The van der Waals surface area contributed by atoms with Crippen molar-refractivity contribution in [1.29, 1.82) is 0 Å². The predicted octanol–water partition coefficient (Wildman–Crippen LogP) is 3.59. The summed E-state index contributed by atoms with van der Waals surface area (Å²) in [4.78, 5) is 7.09. The molecule has 1 N–H and O–H groups in total. The van der Waals surface area contributed by atoms with Gasteiger partial charge in [0.15, 0.2) is 0 Å². The third-order valence-electron chi connectivity index (χ3n) is 3.77. The zero-order valence-electron chi connectivity index (χ0n) is 12.8. The lowest BCUT2D eigenvalue weighted by Gasteiger charge is -2.37. The molecule has 1 aliphatic heterocycles. The monoisotopic (exact) mass is 339 g/mol. The Morgan fingerprint density at radius 3 is 2.80 bits per heavy atom. The Bertz CT molecular complexity index is 411. The van der Waals surface area contributed by atoms with Crippen LogP contribution in [0.15, 0.2) is 22.8 Å². The van der Waals surface area contributed by atoms with Crippen molar-refractivity contribution in [3.63, 3.8) is 0 Å². The summed E-state index contributed by atoms with van der Waals surface area (Å²) in [5.74, 6) is 0. The Labute approximate surface area is 131 Å². The highest BCUT2D eigenvalue weighted by Gasteiger charge is 2.24. The zero-order chi connectivity index (χ0) is 14.6. The van der Waals surface area contributed by atoms with Gasteiger partial charge in [-0.05, 0) is 68.2 Å². The van der Waals surface area contributed by atoms with Crippen LogP contribution in [0.2, 0.25) is 0 Å². The molecule has 0 aliphatic carbocycles. The van der Waals surface area contributed by atoms with Crippen LogP contribution in [0.25, 0.3) is 0 Å². The number of likely N-dealkylation sites (tertiary alicyclic amines) is 1. The lowest BCUT2D eigenvalue weighted by Crippen LogP contribution is -2.49. The number of piperidine rings is 1. The van der Waals surface area contributed by atoms with Crippen molar-refractivity contribution in [3.8, 4) is 0 Å². The summed E-state index contributed by atoms with van der Waals surface area (Å²) in [6.45, 7) is 9.92. The Kier molecular flexibility index (Phi) is 5.58. The summed E-state index contributed by atoms with van der Waals surface area (Å²) in [5.41, 5.74) is 1.36. The van der Waals surface area contributed by atoms with E-state index in [1.807, 2.05) is 6.20 Å². The second-order valence-corrected chi connectivity index (χ2v) is 7.63. The van der Waals surface area contributed by atoms with Crippen molar-refractivity contribution in [3.05, 3.63) is 28.5 Å². The van der Waals surface area contributed by atoms with Crippen LogP contribution in [-0.4, -0.2) is 34.6 Å². The largest absolute Gasteiger partial charge is 0.311 e. The molecule has 2 heterocycles. The summed E-state index contributed by atoms with van der Waals surface area (Å²) >= 11 is 3.44. The molecule has 1 saturated heterocycles. The fourth-order valence-corrected chi connectivity index (χ4v) is 2.87. The lowest BCUT2D eigenvalue weighted by atomic mass is 10.00. The van der Waals surface area contributed by atoms with E-state index in [4.69, 9.17) is 0 Å². The molecule has 2 rings (SSSR count). The number of aromatic nitrogens is 1. The summed E-state index contributed by atoms with van der Waals surface area (Å²) in [5, 5.41) is 3.65. The molecule has 0 amide bonds. The van der Waals surface area contributed by atoms with Gasteiger partial charge in [-0.3, -0.25) is 9.88 Å². The minimum absolute atomic E-state index is 0.193. The van der Waals surface area contributed by atoms with Crippen LogP contribution in [0.1, 0.15) is 45.7 Å². The van der Waals surface area contributed by atoms with Crippen molar-refractivity contribution < 1.29 is 0 Å². The van der Waals surface area contributed by atoms with Gasteiger partial charge < -0.3 is 5.32 Å². The molecule has 0 saturated carbocycles. The molecule has 1 fully saturated rings. The van der Waals surface area contributed by atoms with Crippen molar-refractivity contribution in [2.45, 2.75) is 58.2 Å². The van der Waals surface area contributed by atoms with E-state index >= 15 is 0 Å². The van der Waals surface area contributed by atoms with Gasteiger partial charge in [-0.15, -0.1) is 0 Å². The van der Waals surface area contributed by atoms with E-state index in [1.165, 1.54) is 25.8 Å². The van der Waals surface area contributed by atoms with E-state index in [0.717, 1.165) is 23.3 Å². The smallest absolute Gasteiger partial charge is 0.0544 e. The van der Waals surface area contributed by atoms with Gasteiger partial charge in [-0.25, -0.2) is 0 Å². The molecule has 0 aromatic carbocycles. The summed E-state index contributed by atoms with van der Waals surface area (Å²) in [7, 11) is 0. The molecule has 0 bridgehead atoms. The van der Waals surface area contributed by atoms with Crippen LogP contribution in [0.5, 0.6) is 0 Å². The molecule has 0 spiro atoms. The first-order chi connectivity index (χ1) is 9.44. The molecule has 112 valence electrons. The van der Waals surface area contributed by atoms with Crippen molar-refractivity contribution >= 4 is 15.9 Å². The molecule has 0 radical (unpaired) electrons. The highest BCUT2D eigenvalue weighted by molar-refractivity contribution is 9.10. The second-order valence-electron chi connectivity index (χ2n) is 6.72. The Morgan fingerprint density at radius 1 is 1.35 bits per heavy atom. The van der Waals surface area contributed by atoms with E-state index in [1.54, 1.807) is 0 Å². The third-order valence-corrected chi connectivity index (χ3v) is 4.24.